The van der Waals surface area contributed by atoms with E-state index in [1.807, 2.05) is 6.07 Å². The summed E-state index contributed by atoms with van der Waals surface area (Å²) in [5.74, 6) is 0.882. The highest BCUT2D eigenvalue weighted by molar-refractivity contribution is 6.84. The van der Waals surface area contributed by atoms with Crippen molar-refractivity contribution in [1.29, 1.82) is 0 Å². The van der Waals surface area contributed by atoms with Gasteiger partial charge in [0.1, 0.15) is 0 Å². The lowest BCUT2D eigenvalue weighted by atomic mass is 9.95. The molecule has 0 heterocycles. The van der Waals surface area contributed by atoms with Crippen molar-refractivity contribution >= 4 is 13.5 Å². The molecule has 88 valence electrons. The minimum absolute atomic E-state index is 0.0129. The van der Waals surface area contributed by atoms with Crippen LogP contribution in [0.25, 0.3) is 0 Å². The van der Waals surface area contributed by atoms with Crippen molar-refractivity contribution in [2.75, 3.05) is 0 Å². The zero-order valence-corrected chi connectivity index (χ0v) is 12.0. The Hall–Kier alpha value is -1.02. The number of hydrogen-bond donors (Lipinski definition) is 0. The van der Waals surface area contributed by atoms with Crippen LogP contribution < -0.4 is 5.19 Å². The van der Waals surface area contributed by atoms with Gasteiger partial charge in [0, 0.05) is 5.41 Å². The molecular formula is C14H22OSi. The van der Waals surface area contributed by atoms with Crippen LogP contribution in [0.5, 0.6) is 0 Å². The predicted octanol–water partition coefficient (Wildman–Crippen LogP) is 3.68. The Morgan fingerprint density at radius 3 is 2.06 bits per heavy atom. The molecule has 0 aliphatic heterocycles. The second-order valence-corrected chi connectivity index (χ2v) is 9.45. The maximum Gasteiger partial charge on any atom is 0.276 e. The smallest absolute Gasteiger partial charge is 0.276 e. The third-order valence-corrected chi connectivity index (χ3v) is 5.16. The van der Waals surface area contributed by atoms with E-state index in [4.69, 9.17) is 4.43 Å². The van der Waals surface area contributed by atoms with Gasteiger partial charge in [0.05, 0.1) is 5.76 Å². The molecule has 0 atom stereocenters. The zero-order valence-electron chi connectivity index (χ0n) is 11.0. The first-order valence-corrected chi connectivity index (χ1v) is 8.58. The van der Waals surface area contributed by atoms with Crippen molar-refractivity contribution < 1.29 is 4.43 Å². The predicted molar refractivity (Wildman–Crippen MR) is 73.2 cm³/mol. The zero-order chi connectivity index (χ0) is 12.4. The lowest BCUT2D eigenvalue weighted by Crippen LogP contribution is -2.45. The SMILES string of the molecule is C=C(O[Si](C)(C)c1ccccc1)C(C)(C)C. The van der Waals surface area contributed by atoms with Crippen molar-refractivity contribution in [1.82, 2.24) is 0 Å². The molecule has 1 aromatic carbocycles. The molecule has 0 fully saturated rings. The summed E-state index contributed by atoms with van der Waals surface area (Å²) in [4.78, 5) is 0. The summed E-state index contributed by atoms with van der Waals surface area (Å²) in [6, 6.07) is 10.4. The summed E-state index contributed by atoms with van der Waals surface area (Å²) >= 11 is 0. The Labute approximate surface area is 100 Å². The first-order chi connectivity index (χ1) is 7.23. The molecule has 1 rings (SSSR count). The lowest BCUT2D eigenvalue weighted by Gasteiger charge is -2.31. The first kappa shape index (κ1) is 13.0. The van der Waals surface area contributed by atoms with Crippen LogP contribution in [0.15, 0.2) is 42.7 Å². The highest BCUT2D eigenvalue weighted by Gasteiger charge is 2.30. The van der Waals surface area contributed by atoms with Gasteiger partial charge in [-0.2, -0.15) is 0 Å². The Balaban J connectivity index is 2.85. The van der Waals surface area contributed by atoms with Gasteiger partial charge in [0.15, 0.2) is 0 Å². The topological polar surface area (TPSA) is 9.23 Å². The molecule has 0 spiro atoms. The van der Waals surface area contributed by atoms with E-state index in [9.17, 15) is 0 Å². The van der Waals surface area contributed by atoms with Crippen molar-refractivity contribution in [2.24, 2.45) is 5.41 Å². The van der Waals surface area contributed by atoms with Crippen LogP contribution >= 0.6 is 0 Å². The second kappa shape index (κ2) is 4.46. The molecule has 1 nitrogen and oxygen atoms in total. The third kappa shape index (κ3) is 3.24. The molecule has 0 amide bonds. The van der Waals surface area contributed by atoms with Crippen LogP contribution in [0.1, 0.15) is 20.8 Å². The fourth-order valence-electron chi connectivity index (χ4n) is 1.36. The van der Waals surface area contributed by atoms with Crippen LogP contribution in [0.4, 0.5) is 0 Å². The standard InChI is InChI=1S/C14H22OSi/c1-12(14(2,3)4)15-16(5,6)13-10-8-7-9-11-13/h7-11H,1H2,2-6H3. The van der Waals surface area contributed by atoms with E-state index in [0.717, 1.165) is 5.76 Å². The molecule has 0 aliphatic carbocycles. The molecule has 2 heteroatoms. The molecule has 0 saturated carbocycles. The van der Waals surface area contributed by atoms with E-state index >= 15 is 0 Å². The van der Waals surface area contributed by atoms with Crippen molar-refractivity contribution in [2.45, 2.75) is 33.9 Å². The summed E-state index contributed by atoms with van der Waals surface area (Å²) in [7, 11) is -1.85. The molecule has 0 bridgehead atoms. The van der Waals surface area contributed by atoms with Gasteiger partial charge in [-0.25, -0.2) is 0 Å². The molecule has 0 unspecified atom stereocenters. The van der Waals surface area contributed by atoms with Gasteiger partial charge in [0.2, 0.25) is 0 Å². The fraction of sp³-hybridized carbons (Fsp3) is 0.429. The Morgan fingerprint density at radius 1 is 1.12 bits per heavy atom. The summed E-state index contributed by atoms with van der Waals surface area (Å²) in [6.45, 7) is 14.9. The van der Waals surface area contributed by atoms with Crippen molar-refractivity contribution in [3.63, 3.8) is 0 Å². The highest BCUT2D eigenvalue weighted by atomic mass is 28.4. The van der Waals surface area contributed by atoms with E-state index in [0.29, 0.717) is 0 Å². The lowest BCUT2D eigenvalue weighted by molar-refractivity contribution is 0.294. The molecule has 0 aromatic heterocycles. The van der Waals surface area contributed by atoms with Crippen LogP contribution in [0, 0.1) is 5.41 Å². The van der Waals surface area contributed by atoms with E-state index < -0.39 is 8.32 Å². The molecule has 0 aliphatic rings. The van der Waals surface area contributed by atoms with Gasteiger partial charge in [0.25, 0.3) is 8.32 Å². The summed E-state index contributed by atoms with van der Waals surface area (Å²) in [5, 5.41) is 1.31. The van der Waals surface area contributed by atoms with E-state index in [-0.39, 0.29) is 5.41 Å². The molecule has 1 aromatic rings. The molecule has 0 N–H and O–H groups in total. The third-order valence-electron chi connectivity index (χ3n) is 2.68. The second-order valence-electron chi connectivity index (χ2n) is 5.65. The van der Waals surface area contributed by atoms with Crippen LogP contribution in [-0.2, 0) is 4.43 Å². The maximum absolute atomic E-state index is 6.13. The summed E-state index contributed by atoms with van der Waals surface area (Å²) in [6.07, 6.45) is 0. The van der Waals surface area contributed by atoms with Crippen LogP contribution in [-0.4, -0.2) is 8.32 Å². The normalized spacial score (nSPS) is 12.3. The number of allylic oxidation sites excluding steroid dienone is 1. The average molecular weight is 234 g/mol. The van der Waals surface area contributed by atoms with E-state index in [1.54, 1.807) is 0 Å². The van der Waals surface area contributed by atoms with Crippen LogP contribution in [0.2, 0.25) is 13.1 Å². The minimum atomic E-state index is -1.85. The Kier molecular flexibility index (Phi) is 3.63. The van der Waals surface area contributed by atoms with Gasteiger partial charge in [-0.15, -0.1) is 0 Å². The molecule has 0 saturated heterocycles. The quantitative estimate of drug-likeness (QED) is 0.573. The van der Waals surface area contributed by atoms with Crippen LogP contribution in [0.3, 0.4) is 0 Å². The molecular weight excluding hydrogens is 212 g/mol. The number of rotatable bonds is 3. The van der Waals surface area contributed by atoms with E-state index in [1.165, 1.54) is 5.19 Å². The Bertz CT molecular complexity index is 360. The summed E-state index contributed by atoms with van der Waals surface area (Å²) in [5.41, 5.74) is 0.0129. The van der Waals surface area contributed by atoms with Gasteiger partial charge in [-0.1, -0.05) is 57.7 Å². The first-order valence-electron chi connectivity index (χ1n) is 5.67. The number of benzene rings is 1. The summed E-state index contributed by atoms with van der Waals surface area (Å²) < 4.78 is 6.13. The van der Waals surface area contributed by atoms with Gasteiger partial charge in [-0.05, 0) is 18.3 Å². The average Bonchev–Trinajstić information content (AvgIpc) is 2.17. The highest BCUT2D eigenvalue weighted by Crippen LogP contribution is 2.27. The largest absolute Gasteiger partial charge is 0.543 e. The van der Waals surface area contributed by atoms with Gasteiger partial charge < -0.3 is 4.43 Å². The fourth-order valence-corrected chi connectivity index (χ4v) is 3.39. The van der Waals surface area contributed by atoms with Gasteiger partial charge in [-0.3, -0.25) is 0 Å². The minimum Gasteiger partial charge on any atom is -0.543 e. The van der Waals surface area contributed by atoms with E-state index in [2.05, 4.69) is 64.7 Å². The van der Waals surface area contributed by atoms with Crippen molar-refractivity contribution in [3.05, 3.63) is 42.7 Å². The Morgan fingerprint density at radius 2 is 1.62 bits per heavy atom. The number of hydrogen-bond acceptors (Lipinski definition) is 1. The van der Waals surface area contributed by atoms with Crippen molar-refractivity contribution in [3.8, 4) is 0 Å². The monoisotopic (exact) mass is 234 g/mol. The molecule has 16 heavy (non-hydrogen) atoms. The molecule has 0 radical (unpaired) electrons. The van der Waals surface area contributed by atoms with Gasteiger partial charge >= 0.3 is 0 Å². The maximum atomic E-state index is 6.13.